The van der Waals surface area contributed by atoms with Gasteiger partial charge in [-0.05, 0) is 32.0 Å². The van der Waals surface area contributed by atoms with E-state index in [1.807, 2.05) is 0 Å². The Kier molecular flexibility index (Phi) is 4.28. The third kappa shape index (κ3) is 3.11. The number of aromatic nitrogens is 4. The molecule has 0 radical (unpaired) electrons. The first-order valence-corrected chi connectivity index (χ1v) is 7.66. The van der Waals surface area contributed by atoms with Crippen LogP contribution in [-0.4, -0.2) is 31.1 Å². The Morgan fingerprint density at radius 1 is 1.32 bits per heavy atom. The zero-order valence-electron chi connectivity index (χ0n) is 13.4. The van der Waals surface area contributed by atoms with Gasteiger partial charge >= 0.3 is 5.69 Å². The van der Waals surface area contributed by atoms with E-state index in [2.05, 4.69) is 20.2 Å². The van der Waals surface area contributed by atoms with Crippen LogP contribution in [0.2, 0.25) is 5.02 Å². The molecule has 1 aromatic carbocycles. The molecule has 0 aliphatic heterocycles. The molecule has 0 fully saturated rings. The summed E-state index contributed by atoms with van der Waals surface area (Å²) >= 11 is 5.93. The van der Waals surface area contributed by atoms with Gasteiger partial charge in [0, 0.05) is 11.2 Å². The molecule has 2 heterocycles. The van der Waals surface area contributed by atoms with Crippen LogP contribution in [0.3, 0.4) is 0 Å². The van der Waals surface area contributed by atoms with E-state index in [4.69, 9.17) is 11.6 Å². The van der Waals surface area contributed by atoms with Gasteiger partial charge in [-0.2, -0.15) is 5.10 Å². The predicted molar refractivity (Wildman–Crippen MR) is 94.7 cm³/mol. The molecule has 0 aliphatic carbocycles. The van der Waals surface area contributed by atoms with E-state index < -0.39 is 17.1 Å². The lowest BCUT2D eigenvalue weighted by Gasteiger charge is -2.09. The van der Waals surface area contributed by atoms with Crippen molar-refractivity contribution in [3.63, 3.8) is 0 Å². The van der Waals surface area contributed by atoms with Crippen LogP contribution >= 0.6 is 11.6 Å². The number of nitrogens with zero attached hydrogens (tertiary/aromatic N) is 3. The summed E-state index contributed by atoms with van der Waals surface area (Å²) in [7, 11) is 0. The molecule has 128 valence electrons. The number of benzene rings is 1. The van der Waals surface area contributed by atoms with Gasteiger partial charge in [0.2, 0.25) is 5.88 Å². The highest BCUT2D eigenvalue weighted by atomic mass is 35.5. The molecule has 3 N–H and O–H groups in total. The second-order valence-electron chi connectivity index (χ2n) is 5.35. The van der Waals surface area contributed by atoms with Crippen LogP contribution in [0.4, 0.5) is 5.69 Å². The van der Waals surface area contributed by atoms with Crippen LogP contribution in [-0.2, 0) is 0 Å². The Balaban J connectivity index is 2.17. The largest absolute Gasteiger partial charge is 0.493 e. The van der Waals surface area contributed by atoms with Crippen molar-refractivity contribution in [2.24, 2.45) is 4.99 Å². The first-order chi connectivity index (χ1) is 11.9. The number of rotatable bonds is 3. The van der Waals surface area contributed by atoms with Gasteiger partial charge < -0.3 is 5.11 Å². The lowest BCUT2D eigenvalue weighted by molar-refractivity contribution is 0.430. The number of hydrogen-bond donors (Lipinski definition) is 3. The summed E-state index contributed by atoms with van der Waals surface area (Å²) in [5.74, 6) is -0.529. The topological polar surface area (TPSA) is 116 Å². The number of halogens is 1. The Morgan fingerprint density at radius 2 is 2.08 bits per heavy atom. The molecule has 0 amide bonds. The van der Waals surface area contributed by atoms with Crippen LogP contribution < -0.4 is 11.2 Å². The molecule has 2 aromatic heterocycles. The van der Waals surface area contributed by atoms with Crippen molar-refractivity contribution < 1.29 is 5.11 Å². The fourth-order valence-electron chi connectivity index (χ4n) is 2.37. The van der Waals surface area contributed by atoms with Crippen molar-refractivity contribution in [3.05, 3.63) is 67.1 Å². The molecule has 0 saturated carbocycles. The molecule has 0 bridgehead atoms. The van der Waals surface area contributed by atoms with Crippen molar-refractivity contribution in [2.45, 2.75) is 13.8 Å². The Hall–Kier alpha value is -3.13. The third-order valence-electron chi connectivity index (χ3n) is 3.60. The van der Waals surface area contributed by atoms with E-state index in [0.29, 0.717) is 27.8 Å². The Labute approximate surface area is 146 Å². The molecule has 3 aromatic rings. The average Bonchev–Trinajstić information content (AvgIpc) is 2.86. The molecule has 0 aliphatic rings. The monoisotopic (exact) mass is 359 g/mol. The van der Waals surface area contributed by atoms with E-state index in [0.717, 1.165) is 4.57 Å². The van der Waals surface area contributed by atoms with Crippen molar-refractivity contribution in [1.82, 2.24) is 19.7 Å². The van der Waals surface area contributed by atoms with E-state index in [9.17, 15) is 14.7 Å². The van der Waals surface area contributed by atoms with Gasteiger partial charge in [0.1, 0.15) is 11.3 Å². The van der Waals surface area contributed by atoms with Crippen LogP contribution in [0.5, 0.6) is 5.88 Å². The number of hydrogen-bond acceptors (Lipinski definition) is 5. The van der Waals surface area contributed by atoms with Gasteiger partial charge in [0.05, 0.1) is 17.1 Å². The van der Waals surface area contributed by atoms with Crippen LogP contribution in [0.15, 0.2) is 38.8 Å². The SMILES string of the molecule is Cc1n[nH]c(C)c1N=Cc1c(O)n(-c2cccc(Cl)c2)c(=O)[nH]c1=O. The second kappa shape index (κ2) is 6.40. The quantitative estimate of drug-likeness (QED) is 0.620. The Morgan fingerprint density at radius 3 is 2.72 bits per heavy atom. The molecule has 0 spiro atoms. The minimum Gasteiger partial charge on any atom is -0.493 e. The number of aliphatic imine (C=N–C) groups is 1. The summed E-state index contributed by atoms with van der Waals surface area (Å²) in [6.07, 6.45) is 1.19. The minimum absolute atomic E-state index is 0.153. The Bertz CT molecular complexity index is 1070. The van der Waals surface area contributed by atoms with Gasteiger partial charge in [-0.15, -0.1) is 0 Å². The highest BCUT2D eigenvalue weighted by Gasteiger charge is 2.15. The number of aromatic hydroxyl groups is 1. The second-order valence-corrected chi connectivity index (χ2v) is 5.79. The summed E-state index contributed by atoms with van der Waals surface area (Å²) in [4.78, 5) is 30.5. The zero-order chi connectivity index (χ0) is 18.1. The highest BCUT2D eigenvalue weighted by molar-refractivity contribution is 6.30. The minimum atomic E-state index is -0.780. The summed E-state index contributed by atoms with van der Waals surface area (Å²) in [5.41, 5.74) is 0.553. The smallest absolute Gasteiger partial charge is 0.335 e. The van der Waals surface area contributed by atoms with Gasteiger partial charge in [-0.25, -0.2) is 9.36 Å². The van der Waals surface area contributed by atoms with Gasteiger partial charge in [0.15, 0.2) is 0 Å². The average molecular weight is 360 g/mol. The molecular weight excluding hydrogens is 346 g/mol. The van der Waals surface area contributed by atoms with Crippen molar-refractivity contribution in [2.75, 3.05) is 0 Å². The summed E-state index contributed by atoms with van der Waals surface area (Å²) in [6.45, 7) is 3.54. The molecule has 0 unspecified atom stereocenters. The summed E-state index contributed by atoms with van der Waals surface area (Å²) < 4.78 is 0.948. The lowest BCUT2D eigenvalue weighted by atomic mass is 10.2. The normalized spacial score (nSPS) is 11.3. The first-order valence-electron chi connectivity index (χ1n) is 7.28. The molecule has 25 heavy (non-hydrogen) atoms. The maximum Gasteiger partial charge on any atom is 0.335 e. The first kappa shape index (κ1) is 16.7. The number of aromatic amines is 2. The maximum atomic E-state index is 12.1. The van der Waals surface area contributed by atoms with Gasteiger partial charge in [-0.3, -0.25) is 19.9 Å². The fraction of sp³-hybridized carbons (Fsp3) is 0.125. The van der Waals surface area contributed by atoms with Crippen molar-refractivity contribution in [3.8, 4) is 11.6 Å². The molecule has 3 rings (SSSR count). The zero-order valence-corrected chi connectivity index (χ0v) is 14.1. The van der Waals surface area contributed by atoms with Gasteiger partial charge in [-0.1, -0.05) is 17.7 Å². The standard InChI is InChI=1S/C16H14ClN5O3/c1-8-13(9(2)21-20-8)18-7-12-14(23)19-16(25)22(15(12)24)11-5-3-4-10(17)6-11/h3-7,24H,1-2H3,(H,20,21)(H,19,23,25). The number of nitrogens with one attached hydrogen (secondary N) is 2. The van der Waals surface area contributed by atoms with E-state index in [1.165, 1.54) is 12.3 Å². The maximum absolute atomic E-state index is 12.1. The van der Waals surface area contributed by atoms with Gasteiger partial charge in [0.25, 0.3) is 5.56 Å². The number of H-pyrrole nitrogens is 2. The van der Waals surface area contributed by atoms with Crippen molar-refractivity contribution in [1.29, 1.82) is 0 Å². The molecule has 0 atom stereocenters. The van der Waals surface area contributed by atoms with E-state index in [-0.39, 0.29) is 5.56 Å². The third-order valence-corrected chi connectivity index (χ3v) is 3.83. The molecule has 8 nitrogen and oxygen atoms in total. The summed E-state index contributed by atoms with van der Waals surface area (Å²) in [5, 5.41) is 17.6. The van der Waals surface area contributed by atoms with E-state index >= 15 is 0 Å². The lowest BCUT2D eigenvalue weighted by Crippen LogP contribution is -2.31. The van der Waals surface area contributed by atoms with Crippen LogP contribution in [0.1, 0.15) is 17.0 Å². The molecular formula is C16H14ClN5O3. The predicted octanol–water partition coefficient (Wildman–Crippen LogP) is 1.98. The fourth-order valence-corrected chi connectivity index (χ4v) is 2.56. The number of aryl methyl sites for hydroxylation is 2. The van der Waals surface area contributed by atoms with E-state index in [1.54, 1.807) is 32.0 Å². The summed E-state index contributed by atoms with van der Waals surface area (Å²) in [6, 6.07) is 6.33. The molecule has 9 heteroatoms. The van der Waals surface area contributed by atoms with Crippen LogP contribution in [0.25, 0.3) is 5.69 Å². The van der Waals surface area contributed by atoms with Crippen molar-refractivity contribution >= 4 is 23.5 Å². The van der Waals surface area contributed by atoms with Crippen LogP contribution in [0, 0.1) is 13.8 Å². The molecule has 0 saturated heterocycles. The highest BCUT2D eigenvalue weighted by Crippen LogP contribution is 2.22.